The summed E-state index contributed by atoms with van der Waals surface area (Å²) in [4.78, 5) is 31.2. The number of aromatic nitrogens is 1. The van der Waals surface area contributed by atoms with Crippen molar-refractivity contribution >= 4 is 11.8 Å². The minimum Gasteiger partial charge on any atom is -0.379 e. The van der Waals surface area contributed by atoms with Gasteiger partial charge in [-0.25, -0.2) is 0 Å². The number of hydrogen-bond acceptors (Lipinski definition) is 5. The monoisotopic (exact) mass is 574 g/mol. The van der Waals surface area contributed by atoms with Gasteiger partial charge in [0.05, 0.1) is 18.8 Å². The number of carbonyl (C=O) groups excluding carboxylic acids is 2. The highest BCUT2D eigenvalue weighted by molar-refractivity contribution is 5.93. The van der Waals surface area contributed by atoms with Gasteiger partial charge >= 0.3 is 0 Å². The third-order valence-corrected chi connectivity index (χ3v) is 6.65. The lowest BCUT2D eigenvalue weighted by molar-refractivity contribution is -0.121. The summed E-state index contributed by atoms with van der Waals surface area (Å²) >= 11 is 0. The molecule has 2 amide bonds. The molecule has 0 aromatic carbocycles. The van der Waals surface area contributed by atoms with Crippen molar-refractivity contribution in [2.75, 3.05) is 39.4 Å². The number of nitrogens with zero attached hydrogens (tertiary/aromatic N) is 2. The Morgan fingerprint density at radius 2 is 1.38 bits per heavy atom. The molecule has 1 aliphatic heterocycles. The highest BCUT2D eigenvalue weighted by Gasteiger charge is 2.22. The van der Waals surface area contributed by atoms with E-state index in [2.05, 4.69) is 100 Å². The summed E-state index contributed by atoms with van der Waals surface area (Å²) in [5.41, 5.74) is 0.527. The Balaban J connectivity index is 1.56. The summed E-state index contributed by atoms with van der Waals surface area (Å²) in [5, 5.41) is 6.04. The van der Waals surface area contributed by atoms with Crippen LogP contribution in [0.5, 0.6) is 0 Å². The Morgan fingerprint density at radius 1 is 0.833 bits per heavy atom. The molecule has 7 nitrogen and oxygen atoms in total. The van der Waals surface area contributed by atoms with Crippen molar-refractivity contribution in [3.63, 3.8) is 0 Å². The first kappa shape index (κ1) is 34.7. The number of nitrogens with one attached hydrogen (secondary N) is 2. The Morgan fingerprint density at radius 3 is 1.93 bits per heavy atom. The molecule has 1 aliphatic rings. The molecule has 7 heteroatoms. The standard InChI is InChI=1S/C35H50N4O3/c1-2-3-4-5-6-7-8-9-10-11-12-13-14-15-16-17-18-19-20-23-34(40)37-30-33(39-25-27-42-28-26-39)31-38-35(41)32-22-21-24-36-29-32/h3-4,6-7,9-10,12-13,15-16,18-19,21-22,24,29,33H,2,5,8,11,14,17,20,23,25-28,30-31H2,1H3,(H,37,40)(H,38,41). The molecule has 1 saturated heterocycles. The molecule has 1 fully saturated rings. The molecule has 2 heterocycles. The van der Waals surface area contributed by atoms with Crippen LogP contribution in [0.2, 0.25) is 0 Å². The topological polar surface area (TPSA) is 83.6 Å². The zero-order valence-electron chi connectivity index (χ0n) is 25.3. The van der Waals surface area contributed by atoms with Crippen LogP contribution >= 0.6 is 0 Å². The van der Waals surface area contributed by atoms with Crippen molar-refractivity contribution in [3.05, 3.63) is 103 Å². The number of amides is 2. The Bertz CT molecular complexity index is 1040. The molecular weight excluding hydrogens is 524 g/mol. The maximum Gasteiger partial charge on any atom is 0.252 e. The fourth-order valence-electron chi connectivity index (χ4n) is 4.26. The molecule has 0 bridgehead atoms. The summed E-state index contributed by atoms with van der Waals surface area (Å²) in [7, 11) is 0. The van der Waals surface area contributed by atoms with Crippen LogP contribution in [-0.2, 0) is 9.53 Å². The van der Waals surface area contributed by atoms with E-state index in [-0.39, 0.29) is 17.9 Å². The minimum absolute atomic E-state index is 0.00402. The van der Waals surface area contributed by atoms with E-state index < -0.39 is 0 Å². The molecule has 1 aromatic heterocycles. The summed E-state index contributed by atoms with van der Waals surface area (Å²) in [5.74, 6) is -0.142. The zero-order valence-corrected chi connectivity index (χ0v) is 25.3. The van der Waals surface area contributed by atoms with E-state index in [1.807, 2.05) is 0 Å². The first-order valence-corrected chi connectivity index (χ1v) is 15.4. The van der Waals surface area contributed by atoms with Gasteiger partial charge in [-0.15, -0.1) is 0 Å². The molecule has 42 heavy (non-hydrogen) atoms. The number of rotatable bonds is 20. The van der Waals surface area contributed by atoms with Crippen LogP contribution in [0, 0.1) is 0 Å². The van der Waals surface area contributed by atoms with Gasteiger partial charge in [0.1, 0.15) is 0 Å². The zero-order chi connectivity index (χ0) is 29.9. The summed E-state index contributed by atoms with van der Waals surface area (Å²) < 4.78 is 5.47. The van der Waals surface area contributed by atoms with Crippen LogP contribution in [0.1, 0.15) is 68.6 Å². The normalized spacial score (nSPS) is 15.6. The number of hydrogen-bond donors (Lipinski definition) is 2. The second kappa shape index (κ2) is 24.1. The molecule has 0 aliphatic carbocycles. The molecule has 2 N–H and O–H groups in total. The van der Waals surface area contributed by atoms with E-state index in [4.69, 9.17) is 4.74 Å². The van der Waals surface area contributed by atoms with Gasteiger partial charge in [-0.3, -0.25) is 19.5 Å². The lowest BCUT2D eigenvalue weighted by atomic mass is 10.2. The fourth-order valence-corrected chi connectivity index (χ4v) is 4.26. The van der Waals surface area contributed by atoms with Crippen molar-refractivity contribution in [1.82, 2.24) is 20.5 Å². The third-order valence-electron chi connectivity index (χ3n) is 6.65. The maximum atomic E-state index is 12.5. The van der Waals surface area contributed by atoms with Crippen LogP contribution in [0.15, 0.2) is 97.4 Å². The van der Waals surface area contributed by atoms with E-state index in [9.17, 15) is 9.59 Å². The molecule has 0 radical (unpaired) electrons. The lowest BCUT2D eigenvalue weighted by Crippen LogP contribution is -2.53. The average Bonchev–Trinajstić information content (AvgIpc) is 3.03. The minimum atomic E-state index is -0.162. The number of ether oxygens (including phenoxy) is 1. The number of pyridine rings is 1. The third kappa shape index (κ3) is 17.3. The van der Waals surface area contributed by atoms with Gasteiger partial charge in [-0.1, -0.05) is 79.8 Å². The SMILES string of the molecule is CCC=CCC=CCC=CCC=CCC=CCC=CCCC(=O)NCC(CNC(=O)c1cccnc1)N1CCOCC1. The van der Waals surface area contributed by atoms with Crippen molar-refractivity contribution in [2.45, 2.75) is 64.3 Å². The predicted octanol–water partition coefficient (Wildman–Crippen LogP) is 6.11. The van der Waals surface area contributed by atoms with Crippen LogP contribution in [0.3, 0.4) is 0 Å². The molecule has 1 aromatic rings. The van der Waals surface area contributed by atoms with Crippen molar-refractivity contribution in [3.8, 4) is 0 Å². The lowest BCUT2D eigenvalue weighted by Gasteiger charge is -2.34. The quantitative estimate of drug-likeness (QED) is 0.184. The van der Waals surface area contributed by atoms with Gasteiger partial charge in [0.25, 0.3) is 5.91 Å². The van der Waals surface area contributed by atoms with E-state index >= 15 is 0 Å². The van der Waals surface area contributed by atoms with Gasteiger partial charge in [-0.05, 0) is 57.1 Å². The highest BCUT2D eigenvalue weighted by atomic mass is 16.5. The highest BCUT2D eigenvalue weighted by Crippen LogP contribution is 2.05. The maximum absolute atomic E-state index is 12.5. The van der Waals surface area contributed by atoms with E-state index in [0.717, 1.165) is 51.6 Å². The van der Waals surface area contributed by atoms with E-state index in [1.165, 1.54) is 0 Å². The van der Waals surface area contributed by atoms with Crippen LogP contribution in [0.4, 0.5) is 0 Å². The second-order valence-corrected chi connectivity index (χ2v) is 10.0. The van der Waals surface area contributed by atoms with E-state index in [1.54, 1.807) is 24.5 Å². The fraction of sp³-hybridized carbons (Fsp3) is 0.457. The summed E-state index contributed by atoms with van der Waals surface area (Å²) in [6, 6.07) is 3.49. The molecule has 228 valence electrons. The molecular formula is C35H50N4O3. The molecule has 1 atom stereocenters. The van der Waals surface area contributed by atoms with Gasteiger partial charge in [0.2, 0.25) is 5.91 Å². The summed E-state index contributed by atoms with van der Waals surface area (Å²) in [6.45, 7) is 5.95. The smallest absolute Gasteiger partial charge is 0.252 e. The van der Waals surface area contributed by atoms with Gasteiger partial charge in [0, 0.05) is 51.0 Å². The van der Waals surface area contributed by atoms with Crippen molar-refractivity contribution < 1.29 is 14.3 Å². The first-order valence-electron chi connectivity index (χ1n) is 15.4. The Labute approximate surface area is 253 Å². The largest absolute Gasteiger partial charge is 0.379 e. The number of morpholine rings is 1. The average molecular weight is 575 g/mol. The van der Waals surface area contributed by atoms with Crippen LogP contribution in [-0.4, -0.2) is 67.1 Å². The second-order valence-electron chi connectivity index (χ2n) is 10.0. The molecule has 2 rings (SSSR count). The Kier molecular flexibility index (Phi) is 19.9. The van der Waals surface area contributed by atoms with Gasteiger partial charge < -0.3 is 15.4 Å². The van der Waals surface area contributed by atoms with E-state index in [0.29, 0.717) is 44.7 Å². The molecule has 0 spiro atoms. The van der Waals surface area contributed by atoms with Crippen molar-refractivity contribution in [2.24, 2.45) is 0 Å². The van der Waals surface area contributed by atoms with Gasteiger partial charge in [0.15, 0.2) is 0 Å². The van der Waals surface area contributed by atoms with Gasteiger partial charge in [-0.2, -0.15) is 0 Å². The summed E-state index contributed by atoms with van der Waals surface area (Å²) in [6.07, 6.45) is 36.3. The number of carbonyl (C=O) groups is 2. The van der Waals surface area contributed by atoms with Crippen LogP contribution < -0.4 is 10.6 Å². The van der Waals surface area contributed by atoms with Crippen molar-refractivity contribution in [1.29, 1.82) is 0 Å². The van der Waals surface area contributed by atoms with Crippen LogP contribution in [0.25, 0.3) is 0 Å². The Hall–Kier alpha value is -3.55. The molecule has 0 saturated carbocycles. The number of allylic oxidation sites excluding steroid dienone is 12. The molecule has 1 unspecified atom stereocenters. The first-order chi connectivity index (χ1) is 20.7. The predicted molar refractivity (Wildman–Crippen MR) is 173 cm³/mol.